The van der Waals surface area contributed by atoms with Gasteiger partial charge in [-0.1, -0.05) is 30.5 Å². The van der Waals surface area contributed by atoms with Crippen molar-refractivity contribution in [3.63, 3.8) is 0 Å². The summed E-state index contributed by atoms with van der Waals surface area (Å²) in [5, 5.41) is 12.2. The summed E-state index contributed by atoms with van der Waals surface area (Å²) in [7, 11) is 0. The van der Waals surface area contributed by atoms with Crippen LogP contribution in [0.2, 0.25) is 0 Å². The lowest BCUT2D eigenvalue weighted by atomic mass is 9.90. The summed E-state index contributed by atoms with van der Waals surface area (Å²) in [4.78, 5) is 52.5. The van der Waals surface area contributed by atoms with Crippen LogP contribution in [0.25, 0.3) is 0 Å². The number of thioether (sulfide) groups is 1. The molecule has 0 spiro atoms. The van der Waals surface area contributed by atoms with Crippen molar-refractivity contribution in [2.24, 2.45) is 5.92 Å². The summed E-state index contributed by atoms with van der Waals surface area (Å²) in [6.07, 6.45) is 5.96. The molecule has 0 radical (unpaired) electrons. The van der Waals surface area contributed by atoms with E-state index in [2.05, 4.69) is 10.3 Å². The average molecular weight is 489 g/mol. The Labute approximate surface area is 201 Å². The van der Waals surface area contributed by atoms with E-state index in [4.69, 9.17) is 0 Å². The fraction of sp³-hybridized carbons (Fsp3) is 0.458. The van der Waals surface area contributed by atoms with Gasteiger partial charge in [-0.3, -0.25) is 14.4 Å². The molecule has 176 valence electrons. The number of thiazole rings is 1. The number of hydrogen-bond donors (Lipinski definition) is 2. The van der Waals surface area contributed by atoms with Gasteiger partial charge in [-0.05, 0) is 31.4 Å². The van der Waals surface area contributed by atoms with E-state index in [1.165, 1.54) is 30.0 Å². The first-order chi connectivity index (χ1) is 15.7. The second kappa shape index (κ2) is 11.6. The standard InChI is InChI=1S/C24H28N2O5S2/c1-14-7-8-17(19(9-14)23(29)16-5-3-4-6-16)10-18(28)11-21-25-12-22(33-21)32-13-20(24(30)31)26-15(2)27/h7-9,12,16,20H,3-6,10-11,13H2,1-2H3,(H,26,27)(H,30,31)/t20-/m1/s1. The molecule has 33 heavy (non-hydrogen) atoms. The monoisotopic (exact) mass is 488 g/mol. The number of Topliss-reactive ketones (excluding diaryl/α,β-unsaturated/α-hetero) is 2. The Morgan fingerprint density at radius 1 is 1.21 bits per heavy atom. The Morgan fingerprint density at radius 2 is 1.94 bits per heavy atom. The maximum Gasteiger partial charge on any atom is 0.327 e. The van der Waals surface area contributed by atoms with Crippen LogP contribution in [0.3, 0.4) is 0 Å². The largest absolute Gasteiger partial charge is 0.480 e. The summed E-state index contributed by atoms with van der Waals surface area (Å²) in [5.41, 5.74) is 2.45. The van der Waals surface area contributed by atoms with Crippen molar-refractivity contribution >= 4 is 46.5 Å². The number of carboxylic acids is 1. The first kappa shape index (κ1) is 25.1. The molecule has 0 aliphatic heterocycles. The van der Waals surface area contributed by atoms with Crippen LogP contribution < -0.4 is 5.32 Å². The maximum absolute atomic E-state index is 13.0. The highest BCUT2D eigenvalue weighted by atomic mass is 32.2. The van der Waals surface area contributed by atoms with Gasteiger partial charge in [0.15, 0.2) is 5.78 Å². The van der Waals surface area contributed by atoms with Crippen LogP contribution in [-0.4, -0.2) is 45.3 Å². The Morgan fingerprint density at radius 3 is 2.61 bits per heavy atom. The predicted octanol–water partition coefficient (Wildman–Crippen LogP) is 3.86. The number of aliphatic carboxylic acids is 1. The van der Waals surface area contributed by atoms with Gasteiger partial charge in [-0.2, -0.15) is 0 Å². The Bertz CT molecular complexity index is 1040. The third-order valence-electron chi connectivity index (χ3n) is 5.59. The number of carbonyl (C=O) groups excluding carboxylic acids is 3. The summed E-state index contributed by atoms with van der Waals surface area (Å²) in [6.45, 7) is 3.23. The summed E-state index contributed by atoms with van der Waals surface area (Å²) < 4.78 is 0.779. The Hall–Kier alpha value is -2.52. The molecule has 1 aromatic heterocycles. The van der Waals surface area contributed by atoms with Gasteiger partial charge in [0, 0.05) is 30.6 Å². The molecule has 0 bridgehead atoms. The lowest BCUT2D eigenvalue weighted by molar-refractivity contribution is -0.140. The molecule has 1 amide bonds. The molecule has 1 aromatic carbocycles. The fourth-order valence-electron chi connectivity index (χ4n) is 3.95. The Kier molecular flexibility index (Phi) is 8.80. The normalized spacial score (nSPS) is 14.7. The highest BCUT2D eigenvalue weighted by molar-refractivity contribution is 8.01. The number of nitrogens with zero attached hydrogens (tertiary/aromatic N) is 1. The van der Waals surface area contributed by atoms with Gasteiger partial charge in [-0.15, -0.1) is 23.1 Å². The minimum atomic E-state index is -1.10. The third kappa shape index (κ3) is 7.23. The maximum atomic E-state index is 13.0. The quantitative estimate of drug-likeness (QED) is 0.365. The first-order valence-electron chi connectivity index (χ1n) is 11.0. The lowest BCUT2D eigenvalue weighted by Gasteiger charge is -2.13. The van der Waals surface area contributed by atoms with Crippen LogP contribution in [-0.2, 0) is 27.2 Å². The van der Waals surface area contributed by atoms with Gasteiger partial charge in [0.2, 0.25) is 5.91 Å². The van der Waals surface area contributed by atoms with Gasteiger partial charge in [0.25, 0.3) is 0 Å². The molecule has 1 aliphatic carbocycles. The number of ketones is 2. The van der Waals surface area contributed by atoms with Gasteiger partial charge in [0.05, 0.1) is 16.8 Å². The molecule has 0 unspecified atom stereocenters. The highest BCUT2D eigenvalue weighted by Crippen LogP contribution is 2.30. The number of rotatable bonds is 11. The lowest BCUT2D eigenvalue weighted by Crippen LogP contribution is -2.41. The van der Waals surface area contributed by atoms with E-state index >= 15 is 0 Å². The van der Waals surface area contributed by atoms with Crippen molar-refractivity contribution in [3.05, 3.63) is 46.1 Å². The van der Waals surface area contributed by atoms with Gasteiger partial charge in [-0.25, -0.2) is 9.78 Å². The zero-order valence-corrected chi connectivity index (χ0v) is 20.4. The van der Waals surface area contributed by atoms with E-state index in [0.29, 0.717) is 10.6 Å². The summed E-state index contributed by atoms with van der Waals surface area (Å²) >= 11 is 2.61. The van der Waals surface area contributed by atoms with Crippen LogP contribution >= 0.6 is 23.1 Å². The van der Waals surface area contributed by atoms with Crippen LogP contribution in [0.15, 0.2) is 28.6 Å². The second-order valence-electron chi connectivity index (χ2n) is 8.37. The smallest absolute Gasteiger partial charge is 0.327 e. The van der Waals surface area contributed by atoms with Crippen molar-refractivity contribution < 1.29 is 24.3 Å². The van der Waals surface area contributed by atoms with E-state index < -0.39 is 17.9 Å². The highest BCUT2D eigenvalue weighted by Gasteiger charge is 2.26. The summed E-state index contributed by atoms with van der Waals surface area (Å²) in [6, 6.07) is 4.72. The second-order valence-corrected chi connectivity index (χ2v) is 10.8. The molecule has 1 saturated carbocycles. The van der Waals surface area contributed by atoms with Crippen LogP contribution in [0.5, 0.6) is 0 Å². The molecule has 7 nitrogen and oxygen atoms in total. The summed E-state index contributed by atoms with van der Waals surface area (Å²) in [5.74, 6) is -1.14. The SMILES string of the molecule is CC(=O)N[C@H](CSc1cnc(CC(=O)Cc2ccc(C)cc2C(=O)C2CCCC2)s1)C(=O)O. The van der Waals surface area contributed by atoms with E-state index in [1.54, 1.807) is 6.20 Å². The number of benzene rings is 1. The van der Waals surface area contributed by atoms with E-state index in [0.717, 1.165) is 41.0 Å². The topological polar surface area (TPSA) is 113 Å². The number of hydrogen-bond acceptors (Lipinski definition) is 7. The van der Waals surface area contributed by atoms with Crippen LogP contribution in [0, 0.1) is 12.8 Å². The van der Waals surface area contributed by atoms with Gasteiger partial charge >= 0.3 is 5.97 Å². The van der Waals surface area contributed by atoms with Crippen molar-refractivity contribution in [1.82, 2.24) is 10.3 Å². The molecule has 2 aromatic rings. The number of amides is 1. The van der Waals surface area contributed by atoms with Crippen molar-refractivity contribution in [2.45, 2.75) is 62.6 Å². The minimum absolute atomic E-state index is 0.0214. The number of nitrogens with one attached hydrogen (secondary N) is 1. The van der Waals surface area contributed by atoms with Crippen molar-refractivity contribution in [1.29, 1.82) is 0 Å². The van der Waals surface area contributed by atoms with Crippen LogP contribution in [0.4, 0.5) is 0 Å². The fourth-order valence-corrected chi connectivity index (χ4v) is 6.04. The van der Waals surface area contributed by atoms with Gasteiger partial charge in [0.1, 0.15) is 16.8 Å². The molecule has 3 rings (SSSR count). The minimum Gasteiger partial charge on any atom is -0.480 e. The molecule has 1 aliphatic rings. The molecular formula is C24H28N2O5S2. The first-order valence-corrected chi connectivity index (χ1v) is 12.8. The predicted molar refractivity (Wildman–Crippen MR) is 128 cm³/mol. The van der Waals surface area contributed by atoms with E-state index in [1.807, 2.05) is 25.1 Å². The molecule has 2 N–H and O–H groups in total. The van der Waals surface area contributed by atoms with Crippen molar-refractivity contribution in [2.75, 3.05) is 5.75 Å². The molecule has 1 atom stereocenters. The average Bonchev–Trinajstić information content (AvgIpc) is 3.44. The van der Waals surface area contributed by atoms with E-state index in [9.17, 15) is 24.3 Å². The number of aromatic nitrogens is 1. The molecule has 0 saturated heterocycles. The van der Waals surface area contributed by atoms with Crippen LogP contribution in [0.1, 0.15) is 59.1 Å². The van der Waals surface area contributed by atoms with Crippen molar-refractivity contribution in [3.8, 4) is 0 Å². The number of carbonyl (C=O) groups is 4. The number of aryl methyl sites for hydroxylation is 1. The molecule has 1 heterocycles. The molecule has 1 fully saturated rings. The third-order valence-corrected chi connectivity index (χ3v) is 7.88. The Balaban J connectivity index is 1.60. The zero-order valence-electron chi connectivity index (χ0n) is 18.8. The van der Waals surface area contributed by atoms with E-state index in [-0.39, 0.29) is 36.1 Å². The van der Waals surface area contributed by atoms with Gasteiger partial charge < -0.3 is 10.4 Å². The molecule has 9 heteroatoms. The zero-order chi connectivity index (χ0) is 24.0. The molecular weight excluding hydrogens is 460 g/mol. The number of carboxylic acid groups (broad SMARTS) is 1.